The Bertz CT molecular complexity index is 1460. The molecule has 1 fully saturated rings. The van der Waals surface area contributed by atoms with Crippen molar-refractivity contribution in [2.75, 3.05) is 27.6 Å². The number of carbonyl (C=O) groups is 1. The number of hydrogen-bond acceptors (Lipinski definition) is 10. The van der Waals surface area contributed by atoms with Crippen molar-refractivity contribution in [1.29, 1.82) is 0 Å². The standard InChI is InChI=1S/C25H23NO9S2/c1-31-18-6-12(7-19(32-2)24(18)27)21-13-8-16-17(35-11-34-16)9-14(13)23(15-10-33-25(28)22(15)21)26-37(29,30)20-4-3-5-36-20/h3-9,15,21-23,26-27H,10-11H2,1-2H3/t15-,21+,22-,23+/m0/s1. The number of ether oxygens (including phenoxy) is 5. The average Bonchev–Trinajstić information content (AvgIpc) is 3.65. The molecule has 10 nitrogen and oxygen atoms in total. The van der Waals surface area contributed by atoms with Gasteiger partial charge in [-0.15, -0.1) is 11.3 Å². The Morgan fingerprint density at radius 3 is 2.32 bits per heavy atom. The van der Waals surface area contributed by atoms with Gasteiger partial charge in [-0.25, -0.2) is 13.1 Å². The summed E-state index contributed by atoms with van der Waals surface area (Å²) in [5.74, 6) is -1.05. The summed E-state index contributed by atoms with van der Waals surface area (Å²) in [5.41, 5.74) is 1.97. The quantitative estimate of drug-likeness (QED) is 0.449. The van der Waals surface area contributed by atoms with Gasteiger partial charge in [0, 0.05) is 11.8 Å². The molecule has 1 aliphatic carbocycles. The predicted molar refractivity (Wildman–Crippen MR) is 131 cm³/mol. The van der Waals surface area contributed by atoms with Crippen LogP contribution in [0.2, 0.25) is 0 Å². The van der Waals surface area contributed by atoms with Crippen molar-refractivity contribution >= 4 is 27.3 Å². The van der Waals surface area contributed by atoms with Crippen molar-refractivity contribution in [2.45, 2.75) is 16.2 Å². The minimum Gasteiger partial charge on any atom is -0.502 e. The van der Waals surface area contributed by atoms with Crippen LogP contribution in [0.5, 0.6) is 28.7 Å². The lowest BCUT2D eigenvalue weighted by atomic mass is 9.65. The molecule has 3 aliphatic rings. The number of carbonyl (C=O) groups excluding carboxylic acids is 1. The van der Waals surface area contributed by atoms with E-state index in [1.165, 1.54) is 20.3 Å². The largest absolute Gasteiger partial charge is 0.502 e. The van der Waals surface area contributed by atoms with E-state index in [2.05, 4.69) is 4.72 Å². The normalized spacial score (nSPS) is 23.8. The van der Waals surface area contributed by atoms with Crippen LogP contribution in [0, 0.1) is 11.8 Å². The van der Waals surface area contributed by atoms with E-state index in [4.69, 9.17) is 23.7 Å². The maximum Gasteiger partial charge on any atom is 0.310 e. The van der Waals surface area contributed by atoms with Crippen LogP contribution < -0.4 is 23.7 Å². The first kappa shape index (κ1) is 23.9. The summed E-state index contributed by atoms with van der Waals surface area (Å²) >= 11 is 1.11. The number of phenols is 1. The number of methoxy groups -OCH3 is 2. The van der Waals surface area contributed by atoms with Crippen LogP contribution in [0.15, 0.2) is 46.0 Å². The smallest absolute Gasteiger partial charge is 0.310 e. The zero-order valence-corrected chi connectivity index (χ0v) is 21.4. The van der Waals surface area contributed by atoms with E-state index in [1.807, 2.05) is 0 Å². The maximum absolute atomic E-state index is 13.3. The third-order valence-electron chi connectivity index (χ3n) is 7.09. The highest BCUT2D eigenvalue weighted by atomic mass is 32.2. The third kappa shape index (κ3) is 3.78. The molecule has 0 unspecified atom stereocenters. The Labute approximate surface area is 216 Å². The van der Waals surface area contributed by atoms with Gasteiger partial charge in [0.15, 0.2) is 23.0 Å². The van der Waals surface area contributed by atoms with E-state index in [0.717, 1.165) is 11.3 Å². The van der Waals surface area contributed by atoms with Gasteiger partial charge in [-0.3, -0.25) is 4.79 Å². The van der Waals surface area contributed by atoms with Gasteiger partial charge in [-0.2, -0.15) is 0 Å². The number of cyclic esters (lactones) is 1. The van der Waals surface area contributed by atoms with Gasteiger partial charge in [-0.05, 0) is 52.4 Å². The second-order valence-electron chi connectivity index (χ2n) is 8.94. The summed E-state index contributed by atoms with van der Waals surface area (Å²) in [5, 5.41) is 12.2. The van der Waals surface area contributed by atoms with Crippen molar-refractivity contribution in [2.24, 2.45) is 11.8 Å². The van der Waals surface area contributed by atoms with Crippen molar-refractivity contribution in [3.63, 3.8) is 0 Å². The highest BCUT2D eigenvalue weighted by Gasteiger charge is 2.53. The molecule has 2 aromatic carbocycles. The summed E-state index contributed by atoms with van der Waals surface area (Å²) in [7, 11) is -1.03. The molecule has 3 aromatic rings. The highest BCUT2D eigenvalue weighted by molar-refractivity contribution is 7.91. The first-order valence-corrected chi connectivity index (χ1v) is 13.8. The molecule has 0 spiro atoms. The molecule has 0 saturated carbocycles. The highest BCUT2D eigenvalue weighted by Crippen LogP contribution is 2.55. The third-order valence-corrected chi connectivity index (χ3v) is 9.93. The lowest BCUT2D eigenvalue weighted by Crippen LogP contribution is -2.42. The second kappa shape index (κ2) is 8.82. The number of hydrogen-bond donors (Lipinski definition) is 2. The van der Waals surface area contributed by atoms with Crippen LogP contribution in [0.3, 0.4) is 0 Å². The van der Waals surface area contributed by atoms with Crippen LogP contribution >= 0.6 is 11.3 Å². The molecule has 2 aliphatic heterocycles. The number of fused-ring (bicyclic) bond motifs is 3. The zero-order valence-electron chi connectivity index (χ0n) is 19.8. The summed E-state index contributed by atoms with van der Waals surface area (Å²) < 4.78 is 57.1. The SMILES string of the molecule is COc1cc([C@@H]2c3cc4c(cc3[C@@H](NS(=O)(=O)c3cccs3)[C@H]3COC(=O)[C@H]23)OCO4)cc(OC)c1O. The fraction of sp³-hybridized carbons (Fsp3) is 0.320. The molecule has 0 bridgehead atoms. The number of phenolic OH excluding ortho intramolecular Hbond substituents is 1. The summed E-state index contributed by atoms with van der Waals surface area (Å²) in [4.78, 5) is 13.2. The number of rotatable bonds is 6. The molecule has 12 heteroatoms. The fourth-order valence-electron chi connectivity index (χ4n) is 5.45. The van der Waals surface area contributed by atoms with Crippen LogP contribution in [-0.2, 0) is 19.6 Å². The summed E-state index contributed by atoms with van der Waals surface area (Å²) in [6.45, 7) is 0.0715. The Morgan fingerprint density at radius 1 is 1.03 bits per heavy atom. The molecule has 4 atom stereocenters. The zero-order chi connectivity index (χ0) is 25.9. The molecule has 1 aromatic heterocycles. The number of thiophene rings is 1. The van der Waals surface area contributed by atoms with E-state index in [9.17, 15) is 18.3 Å². The second-order valence-corrected chi connectivity index (χ2v) is 11.8. The Morgan fingerprint density at radius 2 is 1.70 bits per heavy atom. The van der Waals surface area contributed by atoms with Gasteiger partial charge in [0.2, 0.25) is 12.5 Å². The Kier molecular flexibility index (Phi) is 5.70. The first-order valence-electron chi connectivity index (χ1n) is 11.4. The summed E-state index contributed by atoms with van der Waals surface area (Å²) in [6.07, 6.45) is 0. The minimum absolute atomic E-state index is 0.0320. The van der Waals surface area contributed by atoms with Crippen molar-refractivity contribution in [1.82, 2.24) is 4.72 Å². The molecule has 0 amide bonds. The van der Waals surface area contributed by atoms with Gasteiger partial charge in [0.25, 0.3) is 10.0 Å². The monoisotopic (exact) mass is 545 g/mol. The predicted octanol–water partition coefficient (Wildman–Crippen LogP) is 3.15. The van der Waals surface area contributed by atoms with Crippen LogP contribution in [0.4, 0.5) is 0 Å². The lowest BCUT2D eigenvalue weighted by Gasteiger charge is -2.39. The number of esters is 1. The molecule has 3 heterocycles. The molecular weight excluding hydrogens is 522 g/mol. The van der Waals surface area contributed by atoms with E-state index in [-0.39, 0.29) is 34.9 Å². The van der Waals surface area contributed by atoms with Crippen molar-refractivity contribution in [3.8, 4) is 28.7 Å². The van der Waals surface area contributed by atoms with Crippen LogP contribution in [0.25, 0.3) is 0 Å². The minimum atomic E-state index is -3.88. The van der Waals surface area contributed by atoms with Gasteiger partial charge in [-0.1, -0.05) is 6.07 Å². The molecule has 194 valence electrons. The average molecular weight is 546 g/mol. The maximum atomic E-state index is 13.3. The summed E-state index contributed by atoms with van der Waals surface area (Å²) in [6, 6.07) is 9.28. The Balaban J connectivity index is 1.56. The van der Waals surface area contributed by atoms with Crippen LogP contribution in [-0.4, -0.2) is 47.1 Å². The van der Waals surface area contributed by atoms with E-state index >= 15 is 0 Å². The fourth-order valence-corrected chi connectivity index (χ4v) is 7.72. The Hall–Kier alpha value is -3.48. The molecular formula is C25H23NO9S2. The topological polar surface area (TPSA) is 130 Å². The first-order chi connectivity index (χ1) is 17.8. The molecule has 2 N–H and O–H groups in total. The van der Waals surface area contributed by atoms with Crippen LogP contribution in [0.1, 0.15) is 28.7 Å². The lowest BCUT2D eigenvalue weighted by molar-refractivity contribution is -0.141. The number of sulfonamides is 1. The van der Waals surface area contributed by atoms with E-state index in [1.54, 1.807) is 35.7 Å². The number of benzene rings is 2. The van der Waals surface area contributed by atoms with E-state index < -0.39 is 39.8 Å². The van der Waals surface area contributed by atoms with Gasteiger partial charge < -0.3 is 28.8 Å². The molecule has 6 rings (SSSR count). The van der Waals surface area contributed by atoms with Gasteiger partial charge in [0.1, 0.15) is 4.21 Å². The van der Waals surface area contributed by atoms with Gasteiger partial charge in [0.05, 0.1) is 32.8 Å². The molecule has 1 saturated heterocycles. The van der Waals surface area contributed by atoms with E-state index in [0.29, 0.717) is 28.2 Å². The number of aromatic hydroxyl groups is 1. The number of nitrogens with one attached hydrogen (secondary N) is 1. The van der Waals surface area contributed by atoms with Crippen molar-refractivity contribution < 1.29 is 42.0 Å². The molecule has 0 radical (unpaired) electrons. The van der Waals surface area contributed by atoms with Crippen molar-refractivity contribution in [3.05, 3.63) is 58.5 Å². The molecule has 37 heavy (non-hydrogen) atoms. The van der Waals surface area contributed by atoms with Gasteiger partial charge >= 0.3 is 5.97 Å².